The number of nitrogens with zero attached hydrogens (tertiary/aromatic N) is 5. The van der Waals surface area contributed by atoms with Crippen LogP contribution in [0.2, 0.25) is 0 Å². The van der Waals surface area contributed by atoms with E-state index < -0.39 is 18.4 Å². The molecule has 4 heterocycles. The normalized spacial score (nSPS) is 20.8. The van der Waals surface area contributed by atoms with Gasteiger partial charge in [-0.1, -0.05) is 12.1 Å². The van der Waals surface area contributed by atoms with Crippen LogP contribution in [0.5, 0.6) is 0 Å². The van der Waals surface area contributed by atoms with Crippen molar-refractivity contribution in [2.45, 2.75) is 89.7 Å². The van der Waals surface area contributed by atoms with Crippen molar-refractivity contribution in [3.05, 3.63) is 36.0 Å². The number of halogens is 3. The van der Waals surface area contributed by atoms with Gasteiger partial charge in [-0.25, -0.2) is 4.79 Å². The fourth-order valence-electron chi connectivity index (χ4n) is 6.29. The molecule has 3 aliphatic rings. The molecule has 1 aromatic heterocycles. The molecule has 1 unspecified atom stereocenters. The molecule has 3 saturated heterocycles. The van der Waals surface area contributed by atoms with Crippen molar-refractivity contribution in [2.24, 2.45) is 0 Å². The van der Waals surface area contributed by atoms with E-state index in [-0.39, 0.29) is 11.6 Å². The zero-order chi connectivity index (χ0) is 27.8. The first-order valence-electron chi connectivity index (χ1n) is 14.3. The molecule has 39 heavy (non-hydrogen) atoms. The highest BCUT2D eigenvalue weighted by Gasteiger charge is 2.45. The second kappa shape index (κ2) is 11.0. The third-order valence-electron chi connectivity index (χ3n) is 8.72. The van der Waals surface area contributed by atoms with Crippen molar-refractivity contribution in [3.63, 3.8) is 0 Å². The van der Waals surface area contributed by atoms with Crippen molar-refractivity contribution in [1.82, 2.24) is 19.6 Å². The van der Waals surface area contributed by atoms with E-state index in [4.69, 9.17) is 9.84 Å². The van der Waals surface area contributed by atoms with Gasteiger partial charge in [-0.2, -0.15) is 18.3 Å². The maximum absolute atomic E-state index is 12.9. The van der Waals surface area contributed by atoms with Crippen LogP contribution in [-0.4, -0.2) is 76.2 Å². The quantitative estimate of drug-likeness (QED) is 0.428. The summed E-state index contributed by atoms with van der Waals surface area (Å²) in [6.07, 6.45) is 0.611. The van der Waals surface area contributed by atoms with Gasteiger partial charge in [-0.05, 0) is 78.0 Å². The van der Waals surface area contributed by atoms with Gasteiger partial charge in [0.05, 0.1) is 5.69 Å². The van der Waals surface area contributed by atoms with E-state index in [2.05, 4.69) is 54.1 Å². The van der Waals surface area contributed by atoms with Gasteiger partial charge in [0.1, 0.15) is 0 Å². The van der Waals surface area contributed by atoms with Crippen LogP contribution in [0, 0.1) is 0 Å². The summed E-state index contributed by atoms with van der Waals surface area (Å²) in [5, 5.41) is 5.02. The molecule has 3 aliphatic heterocycles. The van der Waals surface area contributed by atoms with Crippen molar-refractivity contribution in [2.75, 3.05) is 37.6 Å². The Morgan fingerprint density at radius 2 is 1.74 bits per heavy atom. The second-order valence-corrected chi connectivity index (χ2v) is 11.6. The van der Waals surface area contributed by atoms with Gasteiger partial charge in [-0.15, -0.1) is 0 Å². The number of amides is 1. The number of anilines is 1. The number of carbonyl (C=O) groups excluding carboxylic acids is 1. The summed E-state index contributed by atoms with van der Waals surface area (Å²) in [6, 6.07) is 8.93. The summed E-state index contributed by atoms with van der Waals surface area (Å²) < 4.78 is 45.3. The Bertz CT molecular complexity index is 1150. The summed E-state index contributed by atoms with van der Waals surface area (Å²) in [4.78, 5) is 18.8. The van der Waals surface area contributed by atoms with Gasteiger partial charge >= 0.3 is 12.3 Å². The number of piperidine rings is 1. The molecule has 0 bridgehead atoms. The molecule has 0 N–H and O–H groups in total. The fourth-order valence-corrected chi connectivity index (χ4v) is 6.29. The Hall–Kier alpha value is -2.75. The number of ether oxygens (including phenoxy) is 1. The van der Waals surface area contributed by atoms with E-state index in [1.807, 2.05) is 4.68 Å². The van der Waals surface area contributed by atoms with E-state index in [0.29, 0.717) is 13.1 Å². The van der Waals surface area contributed by atoms with E-state index in [0.717, 1.165) is 70.0 Å². The Morgan fingerprint density at radius 3 is 2.41 bits per heavy atom. The number of alkyl halides is 3. The van der Waals surface area contributed by atoms with Gasteiger partial charge in [0.2, 0.25) is 0 Å². The van der Waals surface area contributed by atoms with E-state index >= 15 is 0 Å². The Labute approximate surface area is 228 Å². The zero-order valence-electron chi connectivity index (χ0n) is 23.2. The molecule has 7 nitrogen and oxygen atoms in total. The van der Waals surface area contributed by atoms with Gasteiger partial charge in [-0.3, -0.25) is 9.58 Å². The summed E-state index contributed by atoms with van der Waals surface area (Å²) in [5.41, 5.74) is 4.49. The fraction of sp³-hybridized carbons (Fsp3) is 0.655. The molecule has 1 aromatic carbocycles. The van der Waals surface area contributed by atoms with Crippen molar-refractivity contribution >= 4 is 11.8 Å². The molecule has 0 radical (unpaired) electrons. The zero-order valence-corrected chi connectivity index (χ0v) is 23.2. The van der Waals surface area contributed by atoms with E-state index in [1.165, 1.54) is 29.0 Å². The number of likely N-dealkylation sites (tertiary alicyclic amines) is 2. The standard InChI is InChI=1S/C29H40F3N5O2/c1-21(2)37-20-24(26(33-37)23-8-6-9-25(18-23)34-13-4-5-14-34)19-36-15-7-10-28(36)11-16-35(17-12-28)27(38)39-22(3)29(30,31)32/h6,8-9,18,20-22H,4-5,7,10-17,19H2,1-3H3. The number of hydrogen-bond donors (Lipinski definition) is 0. The van der Waals surface area contributed by atoms with Crippen LogP contribution in [0.4, 0.5) is 23.7 Å². The lowest BCUT2D eigenvalue weighted by atomic mass is 9.85. The summed E-state index contributed by atoms with van der Waals surface area (Å²) in [5.74, 6) is 0. The van der Waals surface area contributed by atoms with Crippen LogP contribution in [0.3, 0.4) is 0 Å². The average molecular weight is 548 g/mol. The third kappa shape index (κ3) is 5.90. The number of benzene rings is 1. The summed E-state index contributed by atoms with van der Waals surface area (Å²) in [7, 11) is 0. The highest BCUT2D eigenvalue weighted by atomic mass is 19.4. The minimum atomic E-state index is -4.55. The van der Waals surface area contributed by atoms with Crippen LogP contribution in [0.15, 0.2) is 30.5 Å². The molecule has 3 fully saturated rings. The molecule has 5 rings (SSSR count). The lowest BCUT2D eigenvalue weighted by Crippen LogP contribution is -2.53. The van der Waals surface area contributed by atoms with Crippen LogP contribution in [-0.2, 0) is 11.3 Å². The maximum atomic E-state index is 12.9. The van der Waals surface area contributed by atoms with E-state index in [9.17, 15) is 18.0 Å². The highest BCUT2D eigenvalue weighted by Crippen LogP contribution is 2.41. The van der Waals surface area contributed by atoms with Gasteiger partial charge in [0, 0.05) is 67.3 Å². The molecule has 0 aliphatic carbocycles. The Morgan fingerprint density at radius 1 is 1.03 bits per heavy atom. The smallest absolute Gasteiger partial charge is 0.425 e. The molecule has 1 amide bonds. The molecule has 1 spiro atoms. The topological polar surface area (TPSA) is 53.8 Å². The first kappa shape index (κ1) is 27.8. The minimum absolute atomic E-state index is 0.0684. The average Bonchev–Trinajstić information content (AvgIpc) is 3.66. The third-order valence-corrected chi connectivity index (χ3v) is 8.72. The van der Waals surface area contributed by atoms with Crippen LogP contribution in [0.25, 0.3) is 11.3 Å². The van der Waals surface area contributed by atoms with Crippen LogP contribution < -0.4 is 4.90 Å². The number of rotatable bonds is 6. The summed E-state index contributed by atoms with van der Waals surface area (Å²) in [6.45, 7) is 9.82. The molecule has 10 heteroatoms. The number of aromatic nitrogens is 2. The van der Waals surface area contributed by atoms with Crippen LogP contribution >= 0.6 is 0 Å². The highest BCUT2D eigenvalue weighted by molar-refractivity contribution is 5.69. The van der Waals surface area contributed by atoms with E-state index in [1.54, 1.807) is 0 Å². The largest absolute Gasteiger partial charge is 0.437 e. The van der Waals surface area contributed by atoms with Crippen LogP contribution in [0.1, 0.15) is 70.9 Å². The van der Waals surface area contributed by atoms with Crippen molar-refractivity contribution in [3.8, 4) is 11.3 Å². The predicted molar refractivity (Wildman–Crippen MR) is 145 cm³/mol. The number of carbonyl (C=O) groups is 1. The lowest BCUT2D eigenvalue weighted by molar-refractivity contribution is -0.200. The maximum Gasteiger partial charge on any atom is 0.425 e. The van der Waals surface area contributed by atoms with Gasteiger partial charge in [0.15, 0.2) is 6.10 Å². The SMILES string of the molecule is CC(C)n1cc(CN2CCCC23CCN(C(=O)OC(C)C(F)(F)F)CC3)c(-c2cccc(N3CCCC3)c2)n1. The minimum Gasteiger partial charge on any atom is -0.437 e. The lowest BCUT2D eigenvalue weighted by Gasteiger charge is -2.45. The molecule has 214 valence electrons. The molecular weight excluding hydrogens is 507 g/mol. The first-order valence-corrected chi connectivity index (χ1v) is 14.3. The molecule has 2 aromatic rings. The van der Waals surface area contributed by atoms with Crippen molar-refractivity contribution < 1.29 is 22.7 Å². The van der Waals surface area contributed by atoms with Gasteiger partial charge < -0.3 is 14.5 Å². The molecular formula is C29H40F3N5O2. The number of hydrogen-bond acceptors (Lipinski definition) is 5. The Balaban J connectivity index is 1.32. The summed E-state index contributed by atoms with van der Waals surface area (Å²) >= 11 is 0. The van der Waals surface area contributed by atoms with Crippen molar-refractivity contribution in [1.29, 1.82) is 0 Å². The second-order valence-electron chi connectivity index (χ2n) is 11.6. The predicted octanol–water partition coefficient (Wildman–Crippen LogP) is 6.25. The molecule has 1 atom stereocenters. The van der Waals surface area contributed by atoms with Gasteiger partial charge in [0.25, 0.3) is 0 Å². The Kier molecular flexibility index (Phi) is 7.86. The first-order chi connectivity index (χ1) is 18.6. The monoisotopic (exact) mass is 547 g/mol. The molecule has 0 saturated carbocycles.